The summed E-state index contributed by atoms with van der Waals surface area (Å²) in [5.41, 5.74) is 3.62. The molecule has 0 radical (unpaired) electrons. The topological polar surface area (TPSA) is 51.0 Å². The van der Waals surface area contributed by atoms with Crippen LogP contribution in [-0.2, 0) is 13.5 Å². The Bertz CT molecular complexity index is 917. The van der Waals surface area contributed by atoms with Crippen LogP contribution in [0.3, 0.4) is 0 Å². The average molecular weight is 403 g/mol. The molecule has 7 heteroatoms. The van der Waals surface area contributed by atoms with E-state index in [1.54, 1.807) is 10.9 Å². The van der Waals surface area contributed by atoms with Gasteiger partial charge in [0.1, 0.15) is 10.7 Å². The highest BCUT2D eigenvalue weighted by Gasteiger charge is 2.25. The van der Waals surface area contributed by atoms with Crippen LogP contribution in [-0.4, -0.2) is 27.2 Å². The van der Waals surface area contributed by atoms with E-state index in [1.165, 1.54) is 16.9 Å². The first-order valence-electron chi connectivity index (χ1n) is 7.66. The molecule has 2 aromatic heterocycles. The molecule has 3 heterocycles. The van der Waals surface area contributed by atoms with Crippen LogP contribution >= 0.6 is 27.3 Å². The summed E-state index contributed by atoms with van der Waals surface area (Å²) in [5.74, 6) is -0.0373. The molecule has 0 fully saturated rings. The molecule has 5 nitrogen and oxygen atoms in total. The molecule has 1 aliphatic rings. The number of benzene rings is 1. The first-order chi connectivity index (χ1) is 11.6. The molecule has 1 aliphatic heterocycles. The van der Waals surface area contributed by atoms with Gasteiger partial charge in [-0.2, -0.15) is 5.10 Å². The van der Waals surface area contributed by atoms with Crippen LogP contribution in [0.25, 0.3) is 10.6 Å². The van der Waals surface area contributed by atoms with Crippen molar-refractivity contribution in [2.24, 2.45) is 7.05 Å². The Morgan fingerprint density at radius 3 is 3.04 bits per heavy atom. The van der Waals surface area contributed by atoms with E-state index in [4.69, 9.17) is 0 Å². The second-order valence-electron chi connectivity index (χ2n) is 5.77. The lowest BCUT2D eigenvalue weighted by atomic mass is 10.0. The van der Waals surface area contributed by atoms with Gasteiger partial charge in [-0.05, 0) is 36.6 Å². The van der Waals surface area contributed by atoms with Crippen molar-refractivity contribution in [3.63, 3.8) is 0 Å². The zero-order valence-electron chi connectivity index (χ0n) is 13.1. The molecule has 24 heavy (non-hydrogen) atoms. The summed E-state index contributed by atoms with van der Waals surface area (Å²) < 4.78 is 2.78. The summed E-state index contributed by atoms with van der Waals surface area (Å²) in [5, 5.41) is 6.81. The third-order valence-electron chi connectivity index (χ3n) is 4.08. The van der Waals surface area contributed by atoms with E-state index < -0.39 is 0 Å². The quantitative estimate of drug-likeness (QED) is 0.652. The van der Waals surface area contributed by atoms with E-state index in [1.807, 2.05) is 35.7 Å². The van der Waals surface area contributed by atoms with Crippen molar-refractivity contribution in [2.45, 2.75) is 12.8 Å². The molecule has 4 rings (SSSR count). The highest BCUT2D eigenvalue weighted by atomic mass is 79.9. The number of anilines is 1. The Kier molecular flexibility index (Phi) is 3.97. The number of aromatic nitrogens is 3. The number of hydrogen-bond donors (Lipinski definition) is 0. The van der Waals surface area contributed by atoms with Crippen LogP contribution in [0, 0.1) is 0 Å². The van der Waals surface area contributed by atoms with E-state index in [0.29, 0.717) is 5.69 Å². The Morgan fingerprint density at radius 1 is 1.38 bits per heavy atom. The van der Waals surface area contributed by atoms with Gasteiger partial charge in [0.25, 0.3) is 5.91 Å². The molecule has 0 unspecified atom stereocenters. The zero-order valence-corrected chi connectivity index (χ0v) is 15.5. The van der Waals surface area contributed by atoms with Crippen molar-refractivity contribution in [1.82, 2.24) is 14.8 Å². The van der Waals surface area contributed by atoms with E-state index in [0.717, 1.165) is 40.1 Å². The fourth-order valence-electron chi connectivity index (χ4n) is 2.95. The number of halogens is 1. The number of hydrogen-bond acceptors (Lipinski definition) is 4. The van der Waals surface area contributed by atoms with Gasteiger partial charge in [-0.15, -0.1) is 11.3 Å². The number of carbonyl (C=O) groups excluding carboxylic acids is 1. The Labute approximate surface area is 152 Å². The molecule has 122 valence electrons. The maximum Gasteiger partial charge on any atom is 0.277 e. The van der Waals surface area contributed by atoms with Gasteiger partial charge in [-0.3, -0.25) is 9.48 Å². The van der Waals surface area contributed by atoms with Crippen molar-refractivity contribution in [3.8, 4) is 10.6 Å². The van der Waals surface area contributed by atoms with Crippen molar-refractivity contribution >= 4 is 38.9 Å². The van der Waals surface area contributed by atoms with E-state index in [-0.39, 0.29) is 5.91 Å². The lowest BCUT2D eigenvalue weighted by Crippen LogP contribution is -2.35. The maximum atomic E-state index is 12.9. The van der Waals surface area contributed by atoms with Crippen LogP contribution in [0.5, 0.6) is 0 Å². The highest BCUT2D eigenvalue weighted by molar-refractivity contribution is 9.10. The van der Waals surface area contributed by atoms with Crippen molar-refractivity contribution in [3.05, 3.63) is 51.7 Å². The molecular weight excluding hydrogens is 388 g/mol. The maximum absolute atomic E-state index is 12.9. The second-order valence-corrected chi connectivity index (χ2v) is 7.55. The largest absolute Gasteiger partial charge is 0.307 e. The Balaban J connectivity index is 1.65. The van der Waals surface area contributed by atoms with Crippen molar-refractivity contribution in [1.29, 1.82) is 0 Å². The summed E-state index contributed by atoms with van der Waals surface area (Å²) in [6, 6.07) is 6.08. The molecule has 1 aromatic carbocycles. The van der Waals surface area contributed by atoms with Gasteiger partial charge < -0.3 is 4.90 Å². The van der Waals surface area contributed by atoms with Crippen LogP contribution in [0.1, 0.15) is 22.5 Å². The SMILES string of the molecule is Cn1cc(-c2nc(C(=O)N3CCCc4cc(Br)ccc43)cs2)cn1. The minimum Gasteiger partial charge on any atom is -0.307 e. The predicted molar refractivity (Wildman–Crippen MR) is 98.5 cm³/mol. The van der Waals surface area contributed by atoms with Gasteiger partial charge in [0.05, 0.1) is 6.20 Å². The van der Waals surface area contributed by atoms with Crippen LogP contribution in [0.2, 0.25) is 0 Å². The fourth-order valence-corrected chi connectivity index (χ4v) is 4.13. The monoisotopic (exact) mass is 402 g/mol. The first kappa shape index (κ1) is 15.5. The molecular formula is C17H15BrN4OS. The van der Waals surface area contributed by atoms with E-state index in [9.17, 15) is 4.79 Å². The van der Waals surface area contributed by atoms with Gasteiger partial charge in [-0.1, -0.05) is 15.9 Å². The first-order valence-corrected chi connectivity index (χ1v) is 9.34. The molecule has 0 bridgehead atoms. The number of aryl methyl sites for hydroxylation is 2. The lowest BCUT2D eigenvalue weighted by Gasteiger charge is -2.29. The Hall–Kier alpha value is -1.99. The second kappa shape index (κ2) is 6.14. The van der Waals surface area contributed by atoms with Gasteiger partial charge in [0.2, 0.25) is 0 Å². The molecule has 0 aliphatic carbocycles. The number of thiazole rings is 1. The summed E-state index contributed by atoms with van der Waals surface area (Å²) in [4.78, 5) is 19.3. The summed E-state index contributed by atoms with van der Waals surface area (Å²) >= 11 is 4.97. The number of nitrogens with zero attached hydrogens (tertiary/aromatic N) is 4. The molecule has 0 saturated carbocycles. The van der Waals surface area contributed by atoms with Crippen molar-refractivity contribution < 1.29 is 4.79 Å². The minimum atomic E-state index is -0.0373. The van der Waals surface area contributed by atoms with Crippen molar-refractivity contribution in [2.75, 3.05) is 11.4 Å². The third-order valence-corrected chi connectivity index (χ3v) is 5.47. The fraction of sp³-hybridized carbons (Fsp3) is 0.235. The normalized spacial score (nSPS) is 13.8. The van der Waals surface area contributed by atoms with Gasteiger partial charge in [-0.25, -0.2) is 4.98 Å². The third kappa shape index (κ3) is 2.78. The predicted octanol–water partition coefficient (Wildman–Crippen LogP) is 3.90. The number of rotatable bonds is 2. The number of carbonyl (C=O) groups is 1. The number of amides is 1. The zero-order chi connectivity index (χ0) is 16.7. The highest BCUT2D eigenvalue weighted by Crippen LogP contribution is 2.31. The van der Waals surface area contributed by atoms with E-state index in [2.05, 4.69) is 32.1 Å². The molecule has 0 spiro atoms. The molecule has 0 N–H and O–H groups in total. The molecule has 0 saturated heterocycles. The minimum absolute atomic E-state index is 0.0373. The molecule has 3 aromatic rings. The van der Waals surface area contributed by atoms with Crippen LogP contribution in [0.4, 0.5) is 5.69 Å². The Morgan fingerprint density at radius 2 is 2.25 bits per heavy atom. The standard InChI is InChI=1S/C17H15BrN4OS/c1-21-9-12(8-19-21)16-20-14(10-24-16)17(23)22-6-2-3-11-7-13(18)4-5-15(11)22/h4-5,7-10H,2-3,6H2,1H3. The smallest absolute Gasteiger partial charge is 0.277 e. The summed E-state index contributed by atoms with van der Waals surface area (Å²) in [6.45, 7) is 0.729. The lowest BCUT2D eigenvalue weighted by molar-refractivity contribution is 0.0981. The van der Waals surface area contributed by atoms with Gasteiger partial charge in [0.15, 0.2) is 0 Å². The summed E-state index contributed by atoms with van der Waals surface area (Å²) in [6.07, 6.45) is 5.63. The van der Waals surface area contributed by atoms with Gasteiger partial charge in [0, 0.05) is 40.9 Å². The molecule has 0 atom stereocenters. The van der Waals surface area contributed by atoms with E-state index >= 15 is 0 Å². The molecule has 1 amide bonds. The van der Waals surface area contributed by atoms with Crippen LogP contribution in [0.15, 0.2) is 40.4 Å². The summed E-state index contributed by atoms with van der Waals surface area (Å²) in [7, 11) is 1.87. The average Bonchev–Trinajstić information content (AvgIpc) is 3.22. The van der Waals surface area contributed by atoms with Gasteiger partial charge >= 0.3 is 0 Å². The van der Waals surface area contributed by atoms with Crippen LogP contribution < -0.4 is 4.90 Å². The number of fused-ring (bicyclic) bond motifs is 1.